The van der Waals surface area contributed by atoms with E-state index < -0.39 is 11.7 Å². The third-order valence-corrected chi connectivity index (χ3v) is 3.11. The van der Waals surface area contributed by atoms with E-state index in [1.54, 1.807) is 12.1 Å². The molecule has 0 bridgehead atoms. The van der Waals surface area contributed by atoms with Gasteiger partial charge in [-0.15, -0.1) is 11.3 Å². The minimum atomic E-state index is -4.48. The van der Waals surface area contributed by atoms with Crippen LogP contribution in [0.3, 0.4) is 0 Å². The maximum absolute atomic E-state index is 12.6. The zero-order valence-electron chi connectivity index (χ0n) is 7.34. The third-order valence-electron chi connectivity index (χ3n) is 2.01. The summed E-state index contributed by atoms with van der Waals surface area (Å²) in [6.07, 6.45) is -4.22. The van der Waals surface area contributed by atoms with Gasteiger partial charge in [-0.05, 0) is 6.07 Å². The maximum atomic E-state index is 12.6. The van der Waals surface area contributed by atoms with Gasteiger partial charge in [0.05, 0.1) is 10.4 Å². The highest BCUT2D eigenvalue weighted by molar-refractivity contribution is 7.20. The number of fused-ring (bicyclic) bond motifs is 1. The van der Waals surface area contributed by atoms with Crippen LogP contribution in [-0.2, 0) is 6.18 Å². The van der Waals surface area contributed by atoms with E-state index in [0.29, 0.717) is 4.70 Å². The van der Waals surface area contributed by atoms with E-state index in [4.69, 9.17) is 0 Å². The number of aldehydes is 1. The number of benzene rings is 1. The quantitative estimate of drug-likeness (QED) is 0.682. The summed E-state index contributed by atoms with van der Waals surface area (Å²) in [5.41, 5.74) is -0.821. The Morgan fingerprint density at radius 1 is 1.20 bits per heavy atom. The first-order valence-corrected chi connectivity index (χ1v) is 4.89. The van der Waals surface area contributed by atoms with Crippen LogP contribution in [0.2, 0.25) is 0 Å². The van der Waals surface area contributed by atoms with E-state index in [2.05, 4.69) is 0 Å². The van der Waals surface area contributed by atoms with Gasteiger partial charge in [0.1, 0.15) is 0 Å². The van der Waals surface area contributed by atoms with Crippen molar-refractivity contribution in [3.8, 4) is 0 Å². The van der Waals surface area contributed by atoms with Gasteiger partial charge < -0.3 is 0 Å². The first kappa shape index (κ1) is 10.2. The number of rotatable bonds is 1. The van der Waals surface area contributed by atoms with E-state index >= 15 is 0 Å². The molecule has 0 aliphatic rings. The standard InChI is InChI=1S/C10H5F3OS/c11-10(12,13)9-6-3-1-2-4-7(6)15-8(9)5-14/h1-5H. The van der Waals surface area contributed by atoms with Crippen LogP contribution in [0.4, 0.5) is 13.2 Å². The lowest BCUT2D eigenvalue weighted by Gasteiger charge is -2.05. The first-order valence-electron chi connectivity index (χ1n) is 4.08. The molecule has 5 heteroatoms. The molecule has 0 N–H and O–H groups in total. The fourth-order valence-corrected chi connectivity index (χ4v) is 2.48. The lowest BCUT2D eigenvalue weighted by molar-refractivity contribution is -0.136. The van der Waals surface area contributed by atoms with Gasteiger partial charge in [0, 0.05) is 10.1 Å². The molecule has 0 fully saturated rings. The minimum absolute atomic E-state index is 0.0945. The average molecular weight is 230 g/mol. The number of alkyl halides is 3. The van der Waals surface area contributed by atoms with Gasteiger partial charge in [0.2, 0.25) is 0 Å². The van der Waals surface area contributed by atoms with E-state index in [0.717, 1.165) is 11.3 Å². The molecule has 0 saturated heterocycles. The minimum Gasteiger partial charge on any atom is -0.297 e. The second-order valence-corrected chi connectivity index (χ2v) is 4.04. The van der Waals surface area contributed by atoms with Crippen molar-refractivity contribution >= 4 is 27.7 Å². The molecule has 0 radical (unpaired) electrons. The number of carbonyl (C=O) groups is 1. The van der Waals surface area contributed by atoms with Crippen LogP contribution in [0.25, 0.3) is 10.1 Å². The molecule has 0 saturated carbocycles. The van der Waals surface area contributed by atoms with Crippen LogP contribution in [0.1, 0.15) is 15.2 Å². The monoisotopic (exact) mass is 230 g/mol. The molecule has 2 rings (SSSR count). The molecule has 0 atom stereocenters. The number of hydrogen-bond acceptors (Lipinski definition) is 2. The molecule has 15 heavy (non-hydrogen) atoms. The van der Waals surface area contributed by atoms with Crippen LogP contribution in [-0.4, -0.2) is 6.29 Å². The van der Waals surface area contributed by atoms with Crippen molar-refractivity contribution < 1.29 is 18.0 Å². The summed E-state index contributed by atoms with van der Waals surface area (Å²) in [4.78, 5) is 10.3. The Hall–Kier alpha value is -1.36. The smallest absolute Gasteiger partial charge is 0.297 e. The molecule has 1 nitrogen and oxygen atoms in total. The van der Waals surface area contributed by atoms with Crippen molar-refractivity contribution in [3.63, 3.8) is 0 Å². The molecule has 2 aromatic rings. The van der Waals surface area contributed by atoms with E-state index in [1.807, 2.05) is 0 Å². The lowest BCUT2D eigenvalue weighted by Crippen LogP contribution is -2.06. The molecule has 1 heterocycles. The molecule has 0 amide bonds. The molecule has 1 aromatic heterocycles. The van der Waals surface area contributed by atoms with Gasteiger partial charge in [-0.25, -0.2) is 0 Å². The summed E-state index contributed by atoms with van der Waals surface area (Å²) in [5.74, 6) is 0. The molecule has 0 aliphatic carbocycles. The molecule has 1 aromatic carbocycles. The second kappa shape index (κ2) is 3.34. The molecular weight excluding hydrogens is 225 g/mol. The molecule has 0 spiro atoms. The Bertz CT molecular complexity index is 513. The third kappa shape index (κ3) is 1.63. The van der Waals surface area contributed by atoms with Crippen molar-refractivity contribution in [2.45, 2.75) is 6.18 Å². The molecule has 0 unspecified atom stereocenters. The van der Waals surface area contributed by atoms with Gasteiger partial charge in [-0.1, -0.05) is 18.2 Å². The normalized spacial score (nSPS) is 11.9. The number of thiophene rings is 1. The maximum Gasteiger partial charge on any atom is 0.418 e. The highest BCUT2D eigenvalue weighted by atomic mass is 32.1. The fourth-order valence-electron chi connectivity index (χ4n) is 1.44. The predicted molar refractivity (Wildman–Crippen MR) is 52.2 cm³/mol. The number of hydrogen-bond donors (Lipinski definition) is 0. The topological polar surface area (TPSA) is 17.1 Å². The van der Waals surface area contributed by atoms with Crippen molar-refractivity contribution in [2.24, 2.45) is 0 Å². The summed E-state index contributed by atoms with van der Waals surface area (Å²) in [7, 11) is 0. The Balaban J connectivity index is 2.84. The van der Waals surface area contributed by atoms with Crippen LogP contribution in [0.5, 0.6) is 0 Å². The lowest BCUT2D eigenvalue weighted by atomic mass is 10.1. The van der Waals surface area contributed by atoms with Crippen LogP contribution in [0, 0.1) is 0 Å². The Kier molecular flexibility index (Phi) is 2.26. The Morgan fingerprint density at radius 3 is 2.47 bits per heavy atom. The van der Waals surface area contributed by atoms with Crippen molar-refractivity contribution in [1.29, 1.82) is 0 Å². The molecular formula is C10H5F3OS. The van der Waals surface area contributed by atoms with Gasteiger partial charge in [-0.3, -0.25) is 4.79 Å². The number of halogens is 3. The second-order valence-electron chi connectivity index (χ2n) is 2.95. The fraction of sp³-hybridized carbons (Fsp3) is 0.100. The highest BCUT2D eigenvalue weighted by Gasteiger charge is 2.36. The largest absolute Gasteiger partial charge is 0.418 e. The van der Waals surface area contributed by atoms with Crippen molar-refractivity contribution in [2.75, 3.05) is 0 Å². The highest BCUT2D eigenvalue weighted by Crippen LogP contribution is 2.41. The summed E-state index contributed by atoms with van der Waals surface area (Å²) in [6.45, 7) is 0. The summed E-state index contributed by atoms with van der Waals surface area (Å²) < 4.78 is 38.4. The molecule has 78 valence electrons. The van der Waals surface area contributed by atoms with Gasteiger partial charge in [0.25, 0.3) is 0 Å². The summed E-state index contributed by atoms with van der Waals surface area (Å²) in [6, 6.07) is 6.12. The zero-order chi connectivity index (χ0) is 11.1. The van der Waals surface area contributed by atoms with Gasteiger partial charge in [-0.2, -0.15) is 13.2 Å². The molecule has 0 aliphatic heterocycles. The number of carbonyl (C=O) groups excluding carboxylic acids is 1. The zero-order valence-corrected chi connectivity index (χ0v) is 8.15. The van der Waals surface area contributed by atoms with Gasteiger partial charge >= 0.3 is 6.18 Å². The summed E-state index contributed by atoms with van der Waals surface area (Å²) >= 11 is 0.863. The summed E-state index contributed by atoms with van der Waals surface area (Å²) in [5, 5.41) is 0.0945. The van der Waals surface area contributed by atoms with E-state index in [1.165, 1.54) is 12.1 Å². The van der Waals surface area contributed by atoms with E-state index in [9.17, 15) is 18.0 Å². The first-order chi connectivity index (χ1) is 7.04. The average Bonchev–Trinajstić information content (AvgIpc) is 2.54. The van der Waals surface area contributed by atoms with Crippen molar-refractivity contribution in [3.05, 3.63) is 34.7 Å². The van der Waals surface area contributed by atoms with Crippen LogP contribution < -0.4 is 0 Å². The SMILES string of the molecule is O=Cc1sc2ccccc2c1C(F)(F)F. The predicted octanol–water partition coefficient (Wildman–Crippen LogP) is 3.73. The van der Waals surface area contributed by atoms with E-state index in [-0.39, 0.29) is 16.5 Å². The van der Waals surface area contributed by atoms with Crippen molar-refractivity contribution in [1.82, 2.24) is 0 Å². The van der Waals surface area contributed by atoms with Crippen LogP contribution >= 0.6 is 11.3 Å². The van der Waals surface area contributed by atoms with Gasteiger partial charge in [0.15, 0.2) is 6.29 Å². The van der Waals surface area contributed by atoms with Crippen LogP contribution in [0.15, 0.2) is 24.3 Å². The Morgan fingerprint density at radius 2 is 1.87 bits per heavy atom. The Labute approximate surface area is 87.1 Å².